The number of likely N-dealkylation sites (tertiary alicyclic amines) is 1. The lowest BCUT2D eigenvalue weighted by Gasteiger charge is -2.34. The molecule has 3 heterocycles. The fourth-order valence-electron chi connectivity index (χ4n) is 3.04. The Kier molecular flexibility index (Phi) is 3.75. The molecule has 6 nitrogen and oxygen atoms in total. The summed E-state index contributed by atoms with van der Waals surface area (Å²) in [5, 5.41) is 9.93. The van der Waals surface area contributed by atoms with E-state index >= 15 is 0 Å². The highest BCUT2D eigenvalue weighted by Gasteiger charge is 2.32. The van der Waals surface area contributed by atoms with Crippen molar-refractivity contribution >= 4 is 22.8 Å². The largest absolute Gasteiger partial charge is 0.481 e. The minimum Gasteiger partial charge on any atom is -0.481 e. The maximum Gasteiger partial charge on any atom is 0.308 e. The van der Waals surface area contributed by atoms with Crippen LogP contribution in [0.1, 0.15) is 23.7 Å². The predicted molar refractivity (Wildman–Crippen MR) is 80.3 cm³/mol. The average molecular weight is 299 g/mol. The number of aliphatic carboxylic acids is 1. The van der Waals surface area contributed by atoms with E-state index in [2.05, 4.69) is 9.97 Å². The van der Waals surface area contributed by atoms with Crippen LogP contribution in [0.2, 0.25) is 0 Å². The summed E-state index contributed by atoms with van der Waals surface area (Å²) in [5.41, 5.74) is 1.23. The van der Waals surface area contributed by atoms with E-state index in [-0.39, 0.29) is 18.4 Å². The van der Waals surface area contributed by atoms with Gasteiger partial charge in [0, 0.05) is 37.1 Å². The molecule has 2 aromatic heterocycles. The molecule has 0 aliphatic carbocycles. The van der Waals surface area contributed by atoms with Gasteiger partial charge in [0.05, 0.1) is 17.0 Å². The third kappa shape index (κ3) is 2.64. The zero-order chi connectivity index (χ0) is 15.7. The van der Waals surface area contributed by atoms with Crippen molar-refractivity contribution in [3.05, 3.63) is 36.3 Å². The van der Waals surface area contributed by atoms with Crippen LogP contribution in [0.4, 0.5) is 0 Å². The number of hydrogen-bond acceptors (Lipinski definition) is 4. The summed E-state index contributed by atoms with van der Waals surface area (Å²) in [6.45, 7) is 2.80. The van der Waals surface area contributed by atoms with Gasteiger partial charge in [-0.05, 0) is 24.5 Å². The minimum atomic E-state index is -0.842. The first-order chi connectivity index (χ1) is 10.6. The summed E-state index contributed by atoms with van der Waals surface area (Å²) < 4.78 is 0. The molecule has 1 fully saturated rings. The van der Waals surface area contributed by atoms with Gasteiger partial charge in [0.2, 0.25) is 0 Å². The third-order valence-corrected chi connectivity index (χ3v) is 4.07. The monoisotopic (exact) mass is 299 g/mol. The molecular weight excluding hydrogens is 282 g/mol. The lowest BCUT2D eigenvalue weighted by atomic mass is 9.90. The van der Waals surface area contributed by atoms with Crippen LogP contribution in [0.3, 0.4) is 0 Å². The van der Waals surface area contributed by atoms with E-state index in [1.165, 1.54) is 0 Å². The molecule has 2 atom stereocenters. The molecule has 114 valence electrons. The molecule has 1 aliphatic rings. The number of rotatable bonds is 2. The van der Waals surface area contributed by atoms with Gasteiger partial charge in [0.1, 0.15) is 0 Å². The fourth-order valence-corrected chi connectivity index (χ4v) is 3.04. The minimum absolute atomic E-state index is 0.154. The highest BCUT2D eigenvalue weighted by atomic mass is 16.4. The zero-order valence-electron chi connectivity index (χ0n) is 12.3. The predicted octanol–water partition coefficient (Wildman–Crippen LogP) is 1.81. The van der Waals surface area contributed by atoms with Crippen molar-refractivity contribution in [3.63, 3.8) is 0 Å². The Labute approximate surface area is 127 Å². The van der Waals surface area contributed by atoms with E-state index in [4.69, 9.17) is 0 Å². The van der Waals surface area contributed by atoms with Gasteiger partial charge in [-0.1, -0.05) is 6.92 Å². The highest BCUT2D eigenvalue weighted by Crippen LogP contribution is 2.25. The topological polar surface area (TPSA) is 83.4 Å². The van der Waals surface area contributed by atoms with Crippen LogP contribution in [-0.4, -0.2) is 44.9 Å². The Bertz CT molecular complexity index is 726. The van der Waals surface area contributed by atoms with Crippen molar-refractivity contribution in [1.29, 1.82) is 0 Å². The highest BCUT2D eigenvalue weighted by molar-refractivity contribution is 6.05. The molecule has 22 heavy (non-hydrogen) atoms. The summed E-state index contributed by atoms with van der Waals surface area (Å²) >= 11 is 0. The third-order valence-electron chi connectivity index (χ3n) is 4.07. The quantitative estimate of drug-likeness (QED) is 0.914. The number of nitrogens with zero attached hydrogens (tertiary/aromatic N) is 3. The van der Waals surface area contributed by atoms with E-state index < -0.39 is 11.9 Å². The van der Waals surface area contributed by atoms with Crippen LogP contribution in [0.5, 0.6) is 0 Å². The molecule has 1 amide bonds. The van der Waals surface area contributed by atoms with Gasteiger partial charge in [0.15, 0.2) is 0 Å². The van der Waals surface area contributed by atoms with Crippen molar-refractivity contribution in [2.75, 3.05) is 13.1 Å². The second-order valence-corrected chi connectivity index (χ2v) is 5.84. The molecular formula is C16H17N3O3. The molecule has 6 heteroatoms. The first-order valence-electron chi connectivity index (χ1n) is 7.27. The number of carboxylic acid groups (broad SMARTS) is 1. The molecule has 2 aromatic rings. The van der Waals surface area contributed by atoms with Gasteiger partial charge in [0.25, 0.3) is 5.91 Å². The molecule has 0 spiro atoms. The van der Waals surface area contributed by atoms with E-state index in [1.807, 2.05) is 6.92 Å². The van der Waals surface area contributed by atoms with Crippen LogP contribution < -0.4 is 0 Å². The molecule has 0 saturated carbocycles. The standard InChI is InChI=1S/C16H17N3O3/c1-10-6-11(16(21)22)9-19(8-10)15(20)12-2-5-18-14-3-4-17-7-13(12)14/h2-5,7,10-11H,6,8-9H2,1H3,(H,21,22). The van der Waals surface area contributed by atoms with Crippen molar-refractivity contribution in [1.82, 2.24) is 14.9 Å². The lowest BCUT2D eigenvalue weighted by Crippen LogP contribution is -2.45. The van der Waals surface area contributed by atoms with Crippen LogP contribution in [0, 0.1) is 11.8 Å². The molecule has 3 rings (SSSR count). The summed E-state index contributed by atoms with van der Waals surface area (Å²) in [4.78, 5) is 34.0. The molecule has 0 radical (unpaired) electrons. The number of fused-ring (bicyclic) bond motifs is 1. The first kappa shape index (κ1) is 14.4. The number of amides is 1. The average Bonchev–Trinajstić information content (AvgIpc) is 2.53. The number of piperidine rings is 1. The van der Waals surface area contributed by atoms with E-state index in [0.717, 1.165) is 0 Å². The van der Waals surface area contributed by atoms with Crippen molar-refractivity contribution in [3.8, 4) is 0 Å². The fraction of sp³-hybridized carbons (Fsp3) is 0.375. The van der Waals surface area contributed by atoms with E-state index in [1.54, 1.807) is 35.6 Å². The molecule has 1 saturated heterocycles. The number of aromatic nitrogens is 2. The van der Waals surface area contributed by atoms with Gasteiger partial charge < -0.3 is 10.0 Å². The Morgan fingerprint density at radius 3 is 2.86 bits per heavy atom. The molecule has 0 bridgehead atoms. The Morgan fingerprint density at radius 1 is 1.27 bits per heavy atom. The number of hydrogen-bond donors (Lipinski definition) is 1. The normalized spacial score (nSPS) is 21.8. The number of carbonyl (C=O) groups excluding carboxylic acids is 1. The summed E-state index contributed by atoms with van der Waals surface area (Å²) in [5.74, 6) is -1.33. The Morgan fingerprint density at radius 2 is 2.09 bits per heavy atom. The van der Waals surface area contributed by atoms with E-state index in [0.29, 0.717) is 29.4 Å². The second-order valence-electron chi connectivity index (χ2n) is 5.84. The SMILES string of the molecule is CC1CC(C(=O)O)CN(C(=O)c2ccnc3ccncc23)C1. The Hall–Kier alpha value is -2.50. The summed E-state index contributed by atoms with van der Waals surface area (Å²) in [6, 6.07) is 3.42. The Balaban J connectivity index is 1.93. The van der Waals surface area contributed by atoms with Gasteiger partial charge >= 0.3 is 5.97 Å². The first-order valence-corrected chi connectivity index (χ1v) is 7.27. The van der Waals surface area contributed by atoms with Crippen molar-refractivity contribution in [2.45, 2.75) is 13.3 Å². The van der Waals surface area contributed by atoms with Crippen LogP contribution in [0.25, 0.3) is 10.9 Å². The molecule has 2 unspecified atom stereocenters. The maximum absolute atomic E-state index is 12.8. The molecule has 0 aromatic carbocycles. The van der Waals surface area contributed by atoms with Gasteiger partial charge in [-0.25, -0.2) is 0 Å². The number of carbonyl (C=O) groups is 2. The number of carboxylic acids is 1. The zero-order valence-corrected chi connectivity index (χ0v) is 12.3. The van der Waals surface area contributed by atoms with Crippen molar-refractivity contribution < 1.29 is 14.7 Å². The van der Waals surface area contributed by atoms with Crippen LogP contribution >= 0.6 is 0 Å². The molecule has 1 aliphatic heterocycles. The smallest absolute Gasteiger partial charge is 0.308 e. The van der Waals surface area contributed by atoms with Gasteiger partial charge in [-0.3, -0.25) is 19.6 Å². The van der Waals surface area contributed by atoms with E-state index in [9.17, 15) is 14.7 Å². The van der Waals surface area contributed by atoms with Crippen molar-refractivity contribution in [2.24, 2.45) is 11.8 Å². The lowest BCUT2D eigenvalue weighted by molar-refractivity contribution is -0.143. The maximum atomic E-state index is 12.8. The van der Waals surface area contributed by atoms with Crippen LogP contribution in [-0.2, 0) is 4.79 Å². The van der Waals surface area contributed by atoms with Crippen LogP contribution in [0.15, 0.2) is 30.7 Å². The molecule has 1 N–H and O–H groups in total. The number of pyridine rings is 2. The van der Waals surface area contributed by atoms with Gasteiger partial charge in [-0.2, -0.15) is 0 Å². The summed E-state index contributed by atoms with van der Waals surface area (Å²) in [6.07, 6.45) is 5.46. The summed E-state index contributed by atoms with van der Waals surface area (Å²) in [7, 11) is 0. The van der Waals surface area contributed by atoms with Gasteiger partial charge in [-0.15, -0.1) is 0 Å². The second kappa shape index (κ2) is 5.71.